The van der Waals surface area contributed by atoms with E-state index in [0.29, 0.717) is 45.7 Å². The number of hydrogen-bond acceptors (Lipinski definition) is 5. The number of benzene rings is 3. The highest BCUT2D eigenvalue weighted by Gasteiger charge is 2.15. The van der Waals surface area contributed by atoms with Crippen molar-refractivity contribution in [2.24, 2.45) is 0 Å². The Morgan fingerprint density at radius 2 is 2.03 bits per heavy atom. The number of allylic oxidation sites excluding steroid dienone is 1. The van der Waals surface area contributed by atoms with Crippen molar-refractivity contribution in [2.45, 2.75) is 20.5 Å². The van der Waals surface area contributed by atoms with Gasteiger partial charge in [-0.3, -0.25) is 0 Å². The molecule has 0 fully saturated rings. The van der Waals surface area contributed by atoms with E-state index in [-0.39, 0.29) is 12.2 Å². The van der Waals surface area contributed by atoms with E-state index in [1.54, 1.807) is 36.4 Å². The summed E-state index contributed by atoms with van der Waals surface area (Å²) < 4.78 is 11.7. The van der Waals surface area contributed by atoms with Gasteiger partial charge in [-0.1, -0.05) is 29.8 Å². The molecule has 7 nitrogen and oxygen atoms in total. The number of imidazole rings is 1. The summed E-state index contributed by atoms with van der Waals surface area (Å²) in [6.07, 6.45) is 1.68. The molecule has 0 aliphatic carbocycles. The van der Waals surface area contributed by atoms with Gasteiger partial charge in [0, 0.05) is 0 Å². The van der Waals surface area contributed by atoms with Crippen LogP contribution in [-0.4, -0.2) is 27.7 Å². The Morgan fingerprint density at radius 3 is 2.77 bits per heavy atom. The Balaban J connectivity index is 1.64. The smallest absolute Gasteiger partial charge is 0.335 e. The van der Waals surface area contributed by atoms with Crippen molar-refractivity contribution >= 4 is 40.3 Å². The van der Waals surface area contributed by atoms with Crippen LogP contribution >= 0.6 is 11.6 Å². The molecule has 0 atom stereocenters. The Labute approximate surface area is 207 Å². The molecule has 4 rings (SSSR count). The van der Waals surface area contributed by atoms with Crippen LogP contribution in [0.2, 0.25) is 5.02 Å². The Kier molecular flexibility index (Phi) is 7.04. The lowest BCUT2D eigenvalue weighted by atomic mass is 10.1. The number of carboxylic acids is 1. The number of aryl methyl sites for hydroxylation is 1. The Bertz CT molecular complexity index is 1480. The molecule has 0 aliphatic heterocycles. The van der Waals surface area contributed by atoms with Crippen molar-refractivity contribution in [3.05, 3.63) is 87.7 Å². The van der Waals surface area contributed by atoms with Crippen LogP contribution in [0.3, 0.4) is 0 Å². The van der Waals surface area contributed by atoms with Crippen molar-refractivity contribution in [3.8, 4) is 17.6 Å². The molecule has 0 saturated heterocycles. The molecule has 0 aliphatic rings. The molecule has 0 unspecified atom stereocenters. The number of halogens is 1. The fourth-order valence-electron chi connectivity index (χ4n) is 3.60. The number of nitrogens with one attached hydrogen (secondary N) is 1. The van der Waals surface area contributed by atoms with Crippen LogP contribution < -0.4 is 9.47 Å². The molecule has 0 radical (unpaired) electrons. The number of hydrogen-bond donors (Lipinski definition) is 2. The number of rotatable bonds is 8. The topological polar surface area (TPSA) is 108 Å². The van der Waals surface area contributed by atoms with E-state index in [9.17, 15) is 15.2 Å². The second-order valence-corrected chi connectivity index (χ2v) is 8.24. The number of carbonyl (C=O) groups is 1. The van der Waals surface area contributed by atoms with Crippen molar-refractivity contribution in [1.82, 2.24) is 9.97 Å². The lowest BCUT2D eigenvalue weighted by Gasteiger charge is -2.15. The molecule has 4 aromatic rings. The molecular weight excluding hydrogens is 466 g/mol. The van der Waals surface area contributed by atoms with Gasteiger partial charge < -0.3 is 19.6 Å². The van der Waals surface area contributed by atoms with Crippen LogP contribution in [0.15, 0.2) is 54.6 Å². The van der Waals surface area contributed by atoms with Gasteiger partial charge >= 0.3 is 5.97 Å². The maximum absolute atomic E-state index is 11.2. The van der Waals surface area contributed by atoms with Gasteiger partial charge in [0.1, 0.15) is 18.5 Å². The van der Waals surface area contributed by atoms with Crippen molar-refractivity contribution in [2.75, 3.05) is 6.61 Å². The van der Waals surface area contributed by atoms with Crippen LogP contribution in [0.4, 0.5) is 0 Å². The maximum Gasteiger partial charge on any atom is 0.335 e. The molecule has 35 heavy (non-hydrogen) atoms. The number of H-pyrrole nitrogens is 1. The van der Waals surface area contributed by atoms with Gasteiger partial charge in [-0.05, 0) is 73.0 Å². The minimum absolute atomic E-state index is 0.109. The SMILES string of the molecule is CCOc1cc(/C=C(/C#N)c2nc3ccc(C)cc3[nH]2)cc(Cl)c1OCc1cccc(C(=O)O)c1. The zero-order valence-corrected chi connectivity index (χ0v) is 19.9. The van der Waals surface area contributed by atoms with Gasteiger partial charge in [0.25, 0.3) is 0 Å². The summed E-state index contributed by atoms with van der Waals surface area (Å²) in [5.41, 5.74) is 4.56. The van der Waals surface area contributed by atoms with Crippen molar-refractivity contribution < 1.29 is 19.4 Å². The number of nitriles is 1. The first-order valence-electron chi connectivity index (χ1n) is 10.9. The minimum Gasteiger partial charge on any atom is -0.490 e. The van der Waals surface area contributed by atoms with Crippen LogP contribution in [0.5, 0.6) is 11.5 Å². The first-order valence-corrected chi connectivity index (χ1v) is 11.3. The summed E-state index contributed by atoms with van der Waals surface area (Å²) in [6, 6.07) is 17.9. The monoisotopic (exact) mass is 487 g/mol. The summed E-state index contributed by atoms with van der Waals surface area (Å²) in [6.45, 7) is 4.32. The first kappa shape index (κ1) is 23.9. The summed E-state index contributed by atoms with van der Waals surface area (Å²) in [5.74, 6) is 0.201. The van der Waals surface area contributed by atoms with Gasteiger partial charge in [0.2, 0.25) is 0 Å². The lowest BCUT2D eigenvalue weighted by Crippen LogP contribution is -2.03. The number of ether oxygens (including phenoxy) is 2. The van der Waals surface area contributed by atoms with E-state index >= 15 is 0 Å². The summed E-state index contributed by atoms with van der Waals surface area (Å²) in [4.78, 5) is 18.9. The highest BCUT2D eigenvalue weighted by atomic mass is 35.5. The molecule has 1 aromatic heterocycles. The van der Waals surface area contributed by atoms with Gasteiger partial charge in [-0.2, -0.15) is 5.26 Å². The molecule has 176 valence electrons. The van der Waals surface area contributed by atoms with Crippen molar-refractivity contribution in [3.63, 3.8) is 0 Å². The van der Waals surface area contributed by atoms with E-state index in [0.717, 1.165) is 16.6 Å². The van der Waals surface area contributed by atoms with Crippen molar-refractivity contribution in [1.29, 1.82) is 5.26 Å². The predicted octanol–water partition coefficient (Wildman–Crippen LogP) is 6.26. The van der Waals surface area contributed by atoms with Gasteiger partial charge in [-0.15, -0.1) is 0 Å². The average Bonchev–Trinajstić information content (AvgIpc) is 3.25. The summed E-state index contributed by atoms with van der Waals surface area (Å²) in [7, 11) is 0. The number of carboxylic acid groups (broad SMARTS) is 1. The quantitative estimate of drug-likeness (QED) is 0.284. The molecule has 0 bridgehead atoms. The highest BCUT2D eigenvalue weighted by molar-refractivity contribution is 6.32. The molecule has 0 saturated carbocycles. The van der Waals surface area contributed by atoms with Gasteiger partial charge in [-0.25, -0.2) is 9.78 Å². The van der Waals surface area contributed by atoms with Crippen LogP contribution in [0.25, 0.3) is 22.7 Å². The first-order chi connectivity index (χ1) is 16.9. The van der Waals surface area contributed by atoms with Crippen LogP contribution in [0, 0.1) is 18.3 Å². The van der Waals surface area contributed by atoms with Crippen LogP contribution in [0.1, 0.15) is 39.8 Å². The predicted molar refractivity (Wildman–Crippen MR) is 135 cm³/mol. The Hall–Kier alpha value is -4.28. The molecule has 2 N–H and O–H groups in total. The summed E-state index contributed by atoms with van der Waals surface area (Å²) in [5, 5.41) is 19.3. The number of aromatic amines is 1. The van der Waals surface area contributed by atoms with E-state index < -0.39 is 5.97 Å². The fraction of sp³-hybridized carbons (Fsp3) is 0.148. The summed E-state index contributed by atoms with van der Waals surface area (Å²) >= 11 is 6.54. The van der Waals surface area contributed by atoms with E-state index in [1.807, 2.05) is 32.0 Å². The molecule has 3 aromatic carbocycles. The number of aromatic carboxylic acids is 1. The fourth-order valence-corrected chi connectivity index (χ4v) is 3.87. The molecular formula is C27H22ClN3O4. The largest absolute Gasteiger partial charge is 0.490 e. The standard InChI is InChI=1S/C27H22ClN3O4/c1-3-34-24-13-18(11-20(14-29)26-30-22-8-7-16(2)9-23(22)31-26)12-21(28)25(24)35-15-17-5-4-6-19(10-17)27(32)33/h4-13H,3,15H2,1-2H3,(H,30,31)(H,32,33)/b20-11-. The number of fused-ring (bicyclic) bond motifs is 1. The van der Waals surface area contributed by atoms with Crippen LogP contribution in [-0.2, 0) is 6.61 Å². The minimum atomic E-state index is -1.01. The second-order valence-electron chi connectivity index (χ2n) is 7.83. The zero-order valence-electron chi connectivity index (χ0n) is 19.1. The molecule has 0 spiro atoms. The van der Waals surface area contributed by atoms with E-state index in [1.165, 1.54) is 6.07 Å². The van der Waals surface area contributed by atoms with Gasteiger partial charge in [0.05, 0.1) is 33.8 Å². The third-order valence-corrected chi connectivity index (χ3v) is 5.49. The molecule has 0 amide bonds. The third kappa shape index (κ3) is 5.45. The number of aromatic nitrogens is 2. The van der Waals surface area contributed by atoms with E-state index in [4.69, 9.17) is 21.1 Å². The number of nitrogens with zero attached hydrogens (tertiary/aromatic N) is 2. The molecule has 8 heteroatoms. The van der Waals surface area contributed by atoms with E-state index in [2.05, 4.69) is 16.0 Å². The maximum atomic E-state index is 11.2. The highest BCUT2D eigenvalue weighted by Crippen LogP contribution is 2.38. The average molecular weight is 488 g/mol. The van der Waals surface area contributed by atoms with Gasteiger partial charge in [0.15, 0.2) is 11.5 Å². The lowest BCUT2D eigenvalue weighted by molar-refractivity contribution is 0.0696. The zero-order chi connectivity index (χ0) is 24.9. The Morgan fingerprint density at radius 1 is 1.20 bits per heavy atom. The second kappa shape index (κ2) is 10.3. The molecule has 1 heterocycles. The normalized spacial score (nSPS) is 11.3. The third-order valence-electron chi connectivity index (χ3n) is 5.21.